The summed E-state index contributed by atoms with van der Waals surface area (Å²) in [6, 6.07) is 0. The SMILES string of the molecule is CC/C=C\C/C=C\C/C=C\CCCCCCCCCC(=O)OC(COC(=O)CCCCCCCCC/C=C\CCCCCCCC)COC(=O)CCCCCCCCCCCCCC/C=C\C/C=C\C/C=C\CCCCCCC. The third-order valence-electron chi connectivity index (χ3n) is 14.9. The highest BCUT2D eigenvalue weighted by Crippen LogP contribution is 2.17. The number of esters is 3. The van der Waals surface area contributed by atoms with Gasteiger partial charge in [0.2, 0.25) is 0 Å². The van der Waals surface area contributed by atoms with Crippen LogP contribution in [0.5, 0.6) is 0 Å². The van der Waals surface area contributed by atoms with Crippen molar-refractivity contribution in [3.8, 4) is 0 Å². The van der Waals surface area contributed by atoms with Crippen LogP contribution in [0.15, 0.2) is 85.1 Å². The van der Waals surface area contributed by atoms with Crippen LogP contribution in [0.1, 0.15) is 342 Å². The first-order valence-corrected chi connectivity index (χ1v) is 34.1. The van der Waals surface area contributed by atoms with Gasteiger partial charge in [0.1, 0.15) is 13.2 Å². The van der Waals surface area contributed by atoms with Gasteiger partial charge in [-0.15, -0.1) is 0 Å². The Hall–Kier alpha value is -3.41. The van der Waals surface area contributed by atoms with E-state index < -0.39 is 6.10 Å². The molecule has 0 aromatic carbocycles. The number of allylic oxidation sites excluding steroid dienone is 14. The average Bonchev–Trinajstić information content (AvgIpc) is 3.45. The second-order valence-corrected chi connectivity index (χ2v) is 22.7. The van der Waals surface area contributed by atoms with Gasteiger partial charge in [0.25, 0.3) is 0 Å². The van der Waals surface area contributed by atoms with Crippen LogP contribution in [0.25, 0.3) is 0 Å². The van der Waals surface area contributed by atoms with Crippen LogP contribution in [-0.2, 0) is 28.6 Å². The molecule has 1 unspecified atom stereocenters. The van der Waals surface area contributed by atoms with Crippen molar-refractivity contribution in [2.24, 2.45) is 0 Å². The third kappa shape index (κ3) is 65.3. The van der Waals surface area contributed by atoms with Crippen molar-refractivity contribution in [3.63, 3.8) is 0 Å². The summed E-state index contributed by atoms with van der Waals surface area (Å²) in [7, 11) is 0. The van der Waals surface area contributed by atoms with E-state index in [4.69, 9.17) is 14.2 Å². The number of carbonyl (C=O) groups excluding carboxylic acids is 3. The zero-order valence-corrected chi connectivity index (χ0v) is 52.4. The van der Waals surface area contributed by atoms with Crippen molar-refractivity contribution >= 4 is 17.9 Å². The van der Waals surface area contributed by atoms with Crippen LogP contribution in [0.4, 0.5) is 0 Å². The Kier molecular flexibility index (Phi) is 64.2. The summed E-state index contributed by atoms with van der Waals surface area (Å²) in [5, 5.41) is 0. The van der Waals surface area contributed by atoms with Gasteiger partial charge in [-0.05, 0) is 116 Å². The molecule has 0 spiro atoms. The van der Waals surface area contributed by atoms with E-state index >= 15 is 0 Å². The highest BCUT2D eigenvalue weighted by molar-refractivity contribution is 5.71. The molecule has 1 atom stereocenters. The van der Waals surface area contributed by atoms with Gasteiger partial charge >= 0.3 is 17.9 Å². The summed E-state index contributed by atoms with van der Waals surface area (Å²) < 4.78 is 17.0. The summed E-state index contributed by atoms with van der Waals surface area (Å²) in [6.45, 7) is 6.54. The van der Waals surface area contributed by atoms with Crippen LogP contribution in [-0.4, -0.2) is 37.2 Å². The lowest BCUT2D eigenvalue weighted by Crippen LogP contribution is -2.30. The maximum atomic E-state index is 12.9. The predicted octanol–water partition coefficient (Wildman–Crippen LogP) is 23.4. The van der Waals surface area contributed by atoms with Crippen molar-refractivity contribution in [2.45, 2.75) is 348 Å². The lowest BCUT2D eigenvalue weighted by atomic mass is 10.0. The summed E-state index contributed by atoms with van der Waals surface area (Å²) in [4.78, 5) is 38.4. The fourth-order valence-electron chi connectivity index (χ4n) is 9.76. The Balaban J connectivity index is 4.32. The van der Waals surface area contributed by atoms with Gasteiger partial charge in [0.05, 0.1) is 0 Å². The molecule has 6 heteroatoms. The fourth-order valence-corrected chi connectivity index (χ4v) is 9.76. The van der Waals surface area contributed by atoms with Crippen LogP contribution in [0.2, 0.25) is 0 Å². The topological polar surface area (TPSA) is 78.9 Å². The molecule has 0 aliphatic heterocycles. The predicted molar refractivity (Wildman–Crippen MR) is 344 cm³/mol. The summed E-state index contributed by atoms with van der Waals surface area (Å²) in [5.41, 5.74) is 0. The molecule has 456 valence electrons. The Labute approximate surface area is 490 Å². The number of rotatable bonds is 62. The zero-order valence-electron chi connectivity index (χ0n) is 52.4. The summed E-state index contributed by atoms with van der Waals surface area (Å²) in [6.07, 6.45) is 88.8. The highest BCUT2D eigenvalue weighted by Gasteiger charge is 2.19. The zero-order chi connectivity index (χ0) is 57.1. The van der Waals surface area contributed by atoms with E-state index in [0.29, 0.717) is 19.3 Å². The van der Waals surface area contributed by atoms with E-state index in [1.165, 1.54) is 205 Å². The average molecular weight is 1100 g/mol. The molecule has 0 aromatic rings. The quantitative estimate of drug-likeness (QED) is 0.0261. The standard InChI is InChI=1S/C73H128O6/c1-4-7-10-13-16-19-22-25-28-31-32-33-34-35-36-37-38-39-40-43-45-48-51-54-57-60-63-66-72(75)78-69-70(79-73(76)67-64-61-58-55-52-49-46-42-30-27-24-21-18-15-12-9-6-3)68-77-71(74)65-62-59-56-53-50-47-44-41-29-26-23-20-17-14-11-8-5-2/h9,12,18,21-22,25-27,29-32,34-35,70H,4-8,10-11,13-17,19-20,23-24,28,33,36-69H2,1-3H3/b12-9-,21-18-,25-22-,29-26-,30-27-,32-31-,35-34-. The van der Waals surface area contributed by atoms with Crippen molar-refractivity contribution in [1.82, 2.24) is 0 Å². The van der Waals surface area contributed by atoms with Crippen molar-refractivity contribution in [2.75, 3.05) is 13.2 Å². The first kappa shape index (κ1) is 75.6. The molecule has 0 N–H and O–H groups in total. The second-order valence-electron chi connectivity index (χ2n) is 22.7. The maximum Gasteiger partial charge on any atom is 0.306 e. The Morgan fingerprint density at radius 1 is 0.266 bits per heavy atom. The minimum Gasteiger partial charge on any atom is -0.462 e. The number of carbonyl (C=O) groups is 3. The minimum atomic E-state index is -0.786. The molecule has 6 nitrogen and oxygen atoms in total. The van der Waals surface area contributed by atoms with Gasteiger partial charge in [-0.1, -0.05) is 292 Å². The van der Waals surface area contributed by atoms with Crippen molar-refractivity contribution < 1.29 is 28.6 Å². The molecule has 0 fully saturated rings. The fraction of sp³-hybridized carbons (Fsp3) is 0.767. The Morgan fingerprint density at radius 3 is 0.785 bits per heavy atom. The second kappa shape index (κ2) is 67.1. The van der Waals surface area contributed by atoms with E-state index in [1.54, 1.807) is 0 Å². The summed E-state index contributed by atoms with van der Waals surface area (Å²) >= 11 is 0. The molecule has 0 heterocycles. The van der Waals surface area contributed by atoms with Gasteiger partial charge in [-0.25, -0.2) is 0 Å². The molecule has 0 radical (unpaired) electrons. The van der Waals surface area contributed by atoms with Gasteiger partial charge in [-0.2, -0.15) is 0 Å². The number of hydrogen-bond donors (Lipinski definition) is 0. The third-order valence-corrected chi connectivity index (χ3v) is 14.9. The first-order valence-electron chi connectivity index (χ1n) is 34.1. The van der Waals surface area contributed by atoms with Crippen LogP contribution in [0.3, 0.4) is 0 Å². The summed E-state index contributed by atoms with van der Waals surface area (Å²) in [5.74, 6) is -0.882. The van der Waals surface area contributed by atoms with E-state index in [0.717, 1.165) is 96.3 Å². The van der Waals surface area contributed by atoms with Crippen LogP contribution >= 0.6 is 0 Å². The van der Waals surface area contributed by atoms with Crippen LogP contribution < -0.4 is 0 Å². The molecule has 0 rings (SSSR count). The molecule has 0 aliphatic rings. The van der Waals surface area contributed by atoms with E-state index in [2.05, 4.69) is 106 Å². The van der Waals surface area contributed by atoms with Gasteiger partial charge < -0.3 is 14.2 Å². The lowest BCUT2D eigenvalue weighted by molar-refractivity contribution is -0.167. The smallest absolute Gasteiger partial charge is 0.306 e. The monoisotopic (exact) mass is 1100 g/mol. The molecule has 0 amide bonds. The maximum absolute atomic E-state index is 12.9. The minimum absolute atomic E-state index is 0.0814. The molecular weight excluding hydrogens is 973 g/mol. The number of hydrogen-bond acceptors (Lipinski definition) is 6. The molecule has 0 aromatic heterocycles. The number of ether oxygens (including phenoxy) is 3. The van der Waals surface area contributed by atoms with E-state index in [9.17, 15) is 14.4 Å². The molecule has 0 aliphatic carbocycles. The molecule has 0 bridgehead atoms. The van der Waals surface area contributed by atoms with E-state index in [1.807, 2.05) is 0 Å². The van der Waals surface area contributed by atoms with Crippen LogP contribution in [0, 0.1) is 0 Å². The van der Waals surface area contributed by atoms with Gasteiger partial charge in [0.15, 0.2) is 6.10 Å². The van der Waals surface area contributed by atoms with E-state index in [-0.39, 0.29) is 31.1 Å². The lowest BCUT2D eigenvalue weighted by Gasteiger charge is -2.18. The molecule has 79 heavy (non-hydrogen) atoms. The van der Waals surface area contributed by atoms with Gasteiger partial charge in [0, 0.05) is 19.3 Å². The van der Waals surface area contributed by atoms with Crippen molar-refractivity contribution in [3.05, 3.63) is 85.1 Å². The molecule has 0 saturated carbocycles. The largest absolute Gasteiger partial charge is 0.462 e. The molecule has 0 saturated heterocycles. The normalized spacial score (nSPS) is 12.6. The Morgan fingerprint density at radius 2 is 0.494 bits per heavy atom. The number of unbranched alkanes of at least 4 members (excludes halogenated alkanes) is 37. The highest BCUT2D eigenvalue weighted by atomic mass is 16.6. The first-order chi connectivity index (χ1) is 39.0. The van der Waals surface area contributed by atoms with Crippen molar-refractivity contribution in [1.29, 1.82) is 0 Å². The Bertz CT molecular complexity index is 1500. The molecular formula is C73H128O6. The van der Waals surface area contributed by atoms with Gasteiger partial charge in [-0.3, -0.25) is 14.4 Å².